The summed E-state index contributed by atoms with van der Waals surface area (Å²) in [5.74, 6) is 0.986. The summed E-state index contributed by atoms with van der Waals surface area (Å²) in [6.45, 7) is 0.894. The van der Waals surface area contributed by atoms with Crippen molar-refractivity contribution in [1.29, 1.82) is 0 Å². The molecule has 2 N–H and O–H groups in total. The molecule has 0 amide bonds. The molecular weight excluding hydrogens is 98.1 g/mol. The molecule has 1 saturated carbocycles. The highest BCUT2D eigenvalue weighted by molar-refractivity contribution is 4.66. The summed E-state index contributed by atoms with van der Waals surface area (Å²) in [4.78, 5) is 0. The van der Waals surface area contributed by atoms with Gasteiger partial charge >= 0.3 is 0 Å². The van der Waals surface area contributed by atoms with E-state index in [0.29, 0.717) is 0 Å². The predicted molar refractivity (Wildman–Crippen MR) is 35.6 cm³/mol. The van der Waals surface area contributed by atoms with E-state index in [1.165, 1.54) is 32.1 Å². The van der Waals surface area contributed by atoms with E-state index in [2.05, 4.69) is 0 Å². The maximum Gasteiger partial charge on any atom is -0.00746 e. The van der Waals surface area contributed by atoms with Crippen molar-refractivity contribution in [2.45, 2.75) is 32.1 Å². The highest BCUT2D eigenvalue weighted by Crippen LogP contribution is 2.26. The Morgan fingerprint density at radius 1 is 1.25 bits per heavy atom. The number of hydrogen-bond acceptors (Lipinski definition) is 1. The Hall–Kier alpha value is -0.0400. The van der Waals surface area contributed by atoms with Gasteiger partial charge in [0.2, 0.25) is 0 Å². The van der Waals surface area contributed by atoms with Gasteiger partial charge in [0.25, 0.3) is 0 Å². The molecule has 1 aliphatic carbocycles. The van der Waals surface area contributed by atoms with Gasteiger partial charge < -0.3 is 5.73 Å². The first kappa shape index (κ1) is 6.09. The molecule has 0 atom stereocenters. The van der Waals surface area contributed by atoms with Crippen molar-refractivity contribution in [3.8, 4) is 0 Å². The minimum atomic E-state index is 0.894. The van der Waals surface area contributed by atoms with Gasteiger partial charge in [0.15, 0.2) is 0 Å². The third-order valence-electron chi connectivity index (χ3n) is 2.05. The molecular formula is C7H15N. The molecule has 0 bridgehead atoms. The molecule has 48 valence electrons. The van der Waals surface area contributed by atoms with E-state index in [0.717, 1.165) is 12.5 Å². The van der Waals surface area contributed by atoms with Crippen LogP contribution in [0.4, 0.5) is 0 Å². The first-order valence-corrected chi connectivity index (χ1v) is 3.63. The fraction of sp³-hybridized carbons (Fsp3) is 1.00. The van der Waals surface area contributed by atoms with Crippen LogP contribution in [-0.2, 0) is 0 Å². The van der Waals surface area contributed by atoms with Gasteiger partial charge in [-0.2, -0.15) is 0 Å². The molecule has 0 heterocycles. The van der Waals surface area contributed by atoms with Crippen molar-refractivity contribution in [2.24, 2.45) is 11.7 Å². The highest BCUT2D eigenvalue weighted by Gasteiger charge is 2.12. The van der Waals surface area contributed by atoms with E-state index in [9.17, 15) is 0 Å². The molecule has 0 radical (unpaired) electrons. The predicted octanol–water partition coefficient (Wildman–Crippen LogP) is 1.53. The molecule has 0 unspecified atom stereocenters. The van der Waals surface area contributed by atoms with Crippen molar-refractivity contribution in [3.63, 3.8) is 0 Å². The highest BCUT2D eigenvalue weighted by atomic mass is 14.5. The Bertz CT molecular complexity index is 55.4. The first-order valence-electron chi connectivity index (χ1n) is 3.63. The summed E-state index contributed by atoms with van der Waals surface area (Å²) < 4.78 is 0. The molecule has 0 aromatic rings. The van der Waals surface area contributed by atoms with Crippen LogP contribution in [0, 0.1) is 5.92 Å². The lowest BCUT2D eigenvalue weighted by Gasteiger charge is -2.03. The zero-order valence-corrected chi connectivity index (χ0v) is 5.40. The van der Waals surface area contributed by atoms with Crippen LogP contribution in [0.1, 0.15) is 32.1 Å². The van der Waals surface area contributed by atoms with Crippen LogP contribution < -0.4 is 5.73 Å². The van der Waals surface area contributed by atoms with E-state index < -0.39 is 0 Å². The third-order valence-corrected chi connectivity index (χ3v) is 2.05. The van der Waals surface area contributed by atoms with Gasteiger partial charge in [-0.25, -0.2) is 0 Å². The monoisotopic (exact) mass is 113 g/mol. The van der Waals surface area contributed by atoms with Gasteiger partial charge in [-0.1, -0.05) is 25.7 Å². The lowest BCUT2D eigenvalue weighted by molar-refractivity contribution is 0.511. The summed E-state index contributed by atoms with van der Waals surface area (Å²) in [6, 6.07) is 0. The summed E-state index contributed by atoms with van der Waals surface area (Å²) >= 11 is 0. The molecule has 1 aliphatic rings. The SMILES string of the molecule is NCCC1CCCC1. The molecule has 0 saturated heterocycles. The van der Waals surface area contributed by atoms with Crippen LogP contribution in [0.5, 0.6) is 0 Å². The van der Waals surface area contributed by atoms with Crippen LogP contribution in [-0.4, -0.2) is 6.54 Å². The second kappa shape index (κ2) is 3.08. The fourth-order valence-electron chi connectivity index (χ4n) is 1.53. The molecule has 0 aromatic heterocycles. The van der Waals surface area contributed by atoms with Gasteiger partial charge in [-0.3, -0.25) is 0 Å². The van der Waals surface area contributed by atoms with Crippen molar-refractivity contribution in [3.05, 3.63) is 0 Å². The van der Waals surface area contributed by atoms with Crippen molar-refractivity contribution >= 4 is 0 Å². The third kappa shape index (κ3) is 1.48. The minimum absolute atomic E-state index is 0.894. The van der Waals surface area contributed by atoms with Crippen molar-refractivity contribution < 1.29 is 0 Å². The molecule has 1 fully saturated rings. The smallest absolute Gasteiger partial charge is 0.00746 e. The van der Waals surface area contributed by atoms with Gasteiger partial charge in [0.1, 0.15) is 0 Å². The molecule has 1 nitrogen and oxygen atoms in total. The Morgan fingerprint density at radius 3 is 2.38 bits per heavy atom. The largest absolute Gasteiger partial charge is 0.330 e. The molecule has 0 aromatic carbocycles. The summed E-state index contributed by atoms with van der Waals surface area (Å²) in [7, 11) is 0. The molecule has 0 aliphatic heterocycles. The number of nitrogens with two attached hydrogens (primary N) is 1. The van der Waals surface area contributed by atoms with Crippen molar-refractivity contribution in [2.75, 3.05) is 6.54 Å². The standard InChI is InChI=1S/C7H15N/c8-6-5-7-3-1-2-4-7/h7H,1-6,8H2. The first-order chi connectivity index (χ1) is 3.93. The summed E-state index contributed by atoms with van der Waals surface area (Å²) in [5, 5.41) is 0. The van der Waals surface area contributed by atoms with Crippen LogP contribution in [0.2, 0.25) is 0 Å². The molecule has 1 heteroatoms. The van der Waals surface area contributed by atoms with E-state index in [1.54, 1.807) is 0 Å². The molecule has 1 rings (SSSR count). The Morgan fingerprint density at radius 2 is 1.88 bits per heavy atom. The minimum Gasteiger partial charge on any atom is -0.330 e. The Labute approximate surface area is 51.3 Å². The molecule has 8 heavy (non-hydrogen) atoms. The van der Waals surface area contributed by atoms with Gasteiger partial charge in [-0.15, -0.1) is 0 Å². The van der Waals surface area contributed by atoms with E-state index >= 15 is 0 Å². The van der Waals surface area contributed by atoms with Gasteiger partial charge in [0, 0.05) is 0 Å². The van der Waals surface area contributed by atoms with Crippen LogP contribution >= 0.6 is 0 Å². The van der Waals surface area contributed by atoms with Gasteiger partial charge in [-0.05, 0) is 18.9 Å². The maximum absolute atomic E-state index is 5.41. The maximum atomic E-state index is 5.41. The lowest BCUT2D eigenvalue weighted by atomic mass is 10.1. The second-order valence-corrected chi connectivity index (χ2v) is 2.73. The van der Waals surface area contributed by atoms with Gasteiger partial charge in [0.05, 0.1) is 0 Å². The average molecular weight is 113 g/mol. The van der Waals surface area contributed by atoms with E-state index in [-0.39, 0.29) is 0 Å². The van der Waals surface area contributed by atoms with Crippen molar-refractivity contribution in [1.82, 2.24) is 0 Å². The summed E-state index contributed by atoms with van der Waals surface area (Å²) in [5.41, 5.74) is 5.41. The van der Waals surface area contributed by atoms with Crippen LogP contribution in [0.3, 0.4) is 0 Å². The lowest BCUT2D eigenvalue weighted by Crippen LogP contribution is -2.04. The topological polar surface area (TPSA) is 26.0 Å². The summed E-state index contributed by atoms with van der Waals surface area (Å²) in [6.07, 6.45) is 7.05. The second-order valence-electron chi connectivity index (χ2n) is 2.73. The number of hydrogen-bond donors (Lipinski definition) is 1. The van der Waals surface area contributed by atoms with Crippen LogP contribution in [0.15, 0.2) is 0 Å². The number of rotatable bonds is 2. The Balaban J connectivity index is 2.06. The zero-order valence-electron chi connectivity index (χ0n) is 5.40. The quantitative estimate of drug-likeness (QED) is 0.577. The zero-order chi connectivity index (χ0) is 5.82. The molecule has 0 spiro atoms. The average Bonchev–Trinajstić information content (AvgIpc) is 2.19. The van der Waals surface area contributed by atoms with E-state index in [4.69, 9.17) is 5.73 Å². The van der Waals surface area contributed by atoms with Crippen LogP contribution in [0.25, 0.3) is 0 Å². The normalized spacial score (nSPS) is 22.1. The van der Waals surface area contributed by atoms with E-state index in [1.807, 2.05) is 0 Å². The Kier molecular flexibility index (Phi) is 2.34. The fourth-order valence-corrected chi connectivity index (χ4v) is 1.53.